The van der Waals surface area contributed by atoms with E-state index in [1.807, 2.05) is 20.8 Å². The number of thioether (sulfide) groups is 1. The summed E-state index contributed by atoms with van der Waals surface area (Å²) >= 11 is 1.60. The molecule has 0 amide bonds. The van der Waals surface area contributed by atoms with Crippen LogP contribution in [-0.2, 0) is 7.05 Å². The molecule has 0 saturated heterocycles. The highest BCUT2D eigenvalue weighted by Crippen LogP contribution is 2.10. The van der Waals surface area contributed by atoms with Gasteiger partial charge in [-0.3, -0.25) is 0 Å². The molecule has 0 fully saturated rings. The normalized spacial score (nSPS) is 9.61. The number of ether oxygens (including phenoxy) is 1. The Labute approximate surface area is 112 Å². The molecular formula is C12H22N2O3S. The number of rotatable bonds is 6. The second-order valence-electron chi connectivity index (χ2n) is 3.31. The van der Waals surface area contributed by atoms with Gasteiger partial charge in [0.1, 0.15) is 0 Å². The third-order valence-corrected chi connectivity index (χ3v) is 2.85. The molecule has 18 heavy (non-hydrogen) atoms. The molecule has 1 N–H and O–H groups in total. The Kier molecular flexibility index (Phi) is 9.40. The fourth-order valence-electron chi connectivity index (χ4n) is 1.16. The van der Waals surface area contributed by atoms with Gasteiger partial charge in [0.2, 0.25) is 5.88 Å². The van der Waals surface area contributed by atoms with Crippen molar-refractivity contribution >= 4 is 11.8 Å². The van der Waals surface area contributed by atoms with Gasteiger partial charge in [0.15, 0.2) is 0 Å². The number of aliphatic hydroxyl groups is 1. The van der Waals surface area contributed by atoms with Crippen LogP contribution in [0.3, 0.4) is 0 Å². The van der Waals surface area contributed by atoms with Crippen LogP contribution in [0.5, 0.6) is 5.88 Å². The Hall–Kier alpha value is -1.01. The van der Waals surface area contributed by atoms with Crippen LogP contribution in [0.1, 0.15) is 19.4 Å². The van der Waals surface area contributed by atoms with Crippen LogP contribution < -0.4 is 10.4 Å². The van der Waals surface area contributed by atoms with Crippen molar-refractivity contribution in [3.05, 3.63) is 22.2 Å². The third-order valence-electron chi connectivity index (χ3n) is 1.93. The number of aryl methyl sites for hydroxylation is 2. The van der Waals surface area contributed by atoms with E-state index in [4.69, 9.17) is 9.84 Å². The Morgan fingerprint density at radius 2 is 2.11 bits per heavy atom. The maximum absolute atomic E-state index is 11.3. The standard InChI is InChI=1S/C10H16N2O3S.C2H6/c1-8-7-12(2)10(14)11-9(8)15-4-6-16-5-3-13;1-2/h7,13H,3-6H2,1-2H3;1-2H3. The average Bonchev–Trinajstić information content (AvgIpc) is 2.37. The molecule has 6 heteroatoms. The lowest BCUT2D eigenvalue weighted by Crippen LogP contribution is -2.21. The van der Waals surface area contributed by atoms with Gasteiger partial charge in [0, 0.05) is 30.3 Å². The summed E-state index contributed by atoms with van der Waals surface area (Å²) in [6.07, 6.45) is 1.70. The summed E-state index contributed by atoms with van der Waals surface area (Å²) in [6.45, 7) is 6.52. The summed E-state index contributed by atoms with van der Waals surface area (Å²) in [7, 11) is 1.66. The highest BCUT2D eigenvalue weighted by molar-refractivity contribution is 7.99. The number of hydrogen-bond donors (Lipinski definition) is 1. The van der Waals surface area contributed by atoms with E-state index in [9.17, 15) is 4.79 Å². The molecule has 0 aliphatic heterocycles. The summed E-state index contributed by atoms with van der Waals surface area (Å²) in [6, 6.07) is 0. The molecule has 5 nitrogen and oxygen atoms in total. The zero-order valence-corrected chi connectivity index (χ0v) is 12.3. The van der Waals surface area contributed by atoms with Gasteiger partial charge in [0.25, 0.3) is 0 Å². The Balaban J connectivity index is 0.00000137. The van der Waals surface area contributed by atoms with E-state index in [2.05, 4.69) is 4.98 Å². The van der Waals surface area contributed by atoms with Crippen molar-refractivity contribution in [3.63, 3.8) is 0 Å². The van der Waals surface area contributed by atoms with Crippen LogP contribution in [0, 0.1) is 6.92 Å². The van der Waals surface area contributed by atoms with E-state index >= 15 is 0 Å². The van der Waals surface area contributed by atoms with Gasteiger partial charge < -0.3 is 14.4 Å². The Bertz CT molecular complexity index is 393. The zero-order chi connectivity index (χ0) is 14.0. The minimum Gasteiger partial charge on any atom is -0.476 e. The first kappa shape index (κ1) is 17.0. The topological polar surface area (TPSA) is 64.4 Å². The zero-order valence-electron chi connectivity index (χ0n) is 11.5. The monoisotopic (exact) mass is 274 g/mol. The van der Waals surface area contributed by atoms with Gasteiger partial charge in [-0.1, -0.05) is 13.8 Å². The van der Waals surface area contributed by atoms with Gasteiger partial charge in [-0.2, -0.15) is 16.7 Å². The van der Waals surface area contributed by atoms with E-state index in [1.54, 1.807) is 25.0 Å². The Morgan fingerprint density at radius 3 is 2.72 bits per heavy atom. The van der Waals surface area contributed by atoms with Gasteiger partial charge >= 0.3 is 5.69 Å². The van der Waals surface area contributed by atoms with Crippen LogP contribution in [-0.4, -0.2) is 39.4 Å². The maximum atomic E-state index is 11.3. The van der Waals surface area contributed by atoms with Crippen molar-refractivity contribution in [3.8, 4) is 5.88 Å². The summed E-state index contributed by atoms with van der Waals surface area (Å²) in [5.41, 5.74) is 0.526. The first-order valence-corrected chi connectivity index (χ1v) is 7.16. The molecule has 0 saturated carbocycles. The van der Waals surface area contributed by atoms with Crippen molar-refractivity contribution in [2.45, 2.75) is 20.8 Å². The molecule has 0 spiro atoms. The molecule has 0 radical (unpaired) electrons. The van der Waals surface area contributed by atoms with Crippen molar-refractivity contribution < 1.29 is 9.84 Å². The van der Waals surface area contributed by atoms with Crippen molar-refractivity contribution in [1.82, 2.24) is 9.55 Å². The van der Waals surface area contributed by atoms with Gasteiger partial charge in [-0.15, -0.1) is 0 Å². The number of aromatic nitrogens is 2. The van der Waals surface area contributed by atoms with Gasteiger partial charge in [0.05, 0.1) is 13.2 Å². The first-order valence-electron chi connectivity index (χ1n) is 6.01. The number of nitrogens with zero attached hydrogens (tertiary/aromatic N) is 2. The SMILES string of the molecule is CC.Cc1cn(C)c(=O)nc1OCCSCCO. The molecule has 0 atom stereocenters. The average molecular weight is 274 g/mol. The molecule has 1 aromatic rings. The second-order valence-corrected chi connectivity index (χ2v) is 4.53. The van der Waals surface area contributed by atoms with Crippen LogP contribution >= 0.6 is 11.8 Å². The van der Waals surface area contributed by atoms with E-state index in [0.29, 0.717) is 18.2 Å². The Morgan fingerprint density at radius 1 is 1.44 bits per heavy atom. The minimum atomic E-state index is -0.316. The van der Waals surface area contributed by atoms with Crippen molar-refractivity contribution in [2.75, 3.05) is 24.7 Å². The fourth-order valence-corrected chi connectivity index (χ4v) is 1.70. The molecule has 0 bridgehead atoms. The number of aliphatic hydroxyl groups excluding tert-OH is 1. The lowest BCUT2D eigenvalue weighted by atomic mass is 10.4. The third kappa shape index (κ3) is 6.07. The van der Waals surface area contributed by atoms with E-state index < -0.39 is 0 Å². The lowest BCUT2D eigenvalue weighted by Gasteiger charge is -2.08. The van der Waals surface area contributed by atoms with Crippen LogP contribution in [0.25, 0.3) is 0 Å². The summed E-state index contributed by atoms with van der Waals surface area (Å²) in [4.78, 5) is 15.1. The minimum absolute atomic E-state index is 0.174. The molecule has 0 aliphatic rings. The first-order chi connectivity index (χ1) is 8.65. The van der Waals surface area contributed by atoms with Gasteiger partial charge in [-0.25, -0.2) is 4.79 Å². The predicted molar refractivity (Wildman–Crippen MR) is 75.5 cm³/mol. The predicted octanol–water partition coefficient (Wildman–Crippen LogP) is 1.22. The number of hydrogen-bond acceptors (Lipinski definition) is 5. The van der Waals surface area contributed by atoms with Crippen molar-refractivity contribution in [1.29, 1.82) is 0 Å². The summed E-state index contributed by atoms with van der Waals surface area (Å²) in [5, 5.41) is 8.58. The molecule has 0 aromatic carbocycles. The van der Waals surface area contributed by atoms with Crippen LogP contribution in [0.4, 0.5) is 0 Å². The lowest BCUT2D eigenvalue weighted by molar-refractivity contribution is 0.319. The molecule has 0 unspecified atom stereocenters. The molecule has 1 rings (SSSR count). The highest BCUT2D eigenvalue weighted by atomic mass is 32.2. The van der Waals surface area contributed by atoms with Crippen LogP contribution in [0.15, 0.2) is 11.0 Å². The van der Waals surface area contributed by atoms with E-state index in [0.717, 1.165) is 11.3 Å². The second kappa shape index (κ2) is 9.96. The van der Waals surface area contributed by atoms with Crippen LogP contribution in [0.2, 0.25) is 0 Å². The molecular weight excluding hydrogens is 252 g/mol. The quantitative estimate of drug-likeness (QED) is 0.790. The van der Waals surface area contributed by atoms with E-state index in [-0.39, 0.29) is 12.3 Å². The highest BCUT2D eigenvalue weighted by Gasteiger charge is 2.03. The molecule has 1 heterocycles. The molecule has 104 valence electrons. The smallest absolute Gasteiger partial charge is 0.350 e. The van der Waals surface area contributed by atoms with Crippen molar-refractivity contribution in [2.24, 2.45) is 7.05 Å². The summed E-state index contributed by atoms with van der Waals surface area (Å²) < 4.78 is 6.81. The molecule has 0 aliphatic carbocycles. The van der Waals surface area contributed by atoms with Gasteiger partial charge in [-0.05, 0) is 6.92 Å². The maximum Gasteiger partial charge on any atom is 0.350 e. The molecule has 1 aromatic heterocycles. The summed E-state index contributed by atoms with van der Waals surface area (Å²) in [5.74, 6) is 1.87. The fraction of sp³-hybridized carbons (Fsp3) is 0.667. The van der Waals surface area contributed by atoms with E-state index in [1.165, 1.54) is 4.57 Å². The largest absolute Gasteiger partial charge is 0.476 e.